The number of rotatable bonds is 7. The molecule has 3 N–H and O–H groups in total. The van der Waals surface area contributed by atoms with E-state index in [2.05, 4.69) is 5.32 Å². The van der Waals surface area contributed by atoms with Gasteiger partial charge in [0.15, 0.2) is 0 Å². The van der Waals surface area contributed by atoms with Crippen molar-refractivity contribution in [1.82, 2.24) is 5.32 Å². The van der Waals surface area contributed by atoms with Gasteiger partial charge in [0, 0.05) is 31.7 Å². The van der Waals surface area contributed by atoms with Crippen LogP contribution in [0.15, 0.2) is 0 Å². The van der Waals surface area contributed by atoms with Gasteiger partial charge in [0.1, 0.15) is 0 Å². The number of carbonyl (C=O) groups excluding carboxylic acids is 1. The molecule has 1 amide bonds. The first kappa shape index (κ1) is 13.5. The summed E-state index contributed by atoms with van der Waals surface area (Å²) in [6.45, 7) is 4.11. The van der Waals surface area contributed by atoms with Gasteiger partial charge in [0.25, 0.3) is 0 Å². The zero-order chi connectivity index (χ0) is 11.9. The van der Waals surface area contributed by atoms with Crippen LogP contribution >= 0.6 is 0 Å². The van der Waals surface area contributed by atoms with Gasteiger partial charge in [0.2, 0.25) is 5.91 Å². The second-order valence-electron chi connectivity index (χ2n) is 4.65. The average molecular weight is 228 g/mol. The maximum absolute atomic E-state index is 11.6. The van der Waals surface area contributed by atoms with E-state index in [1.54, 1.807) is 0 Å². The van der Waals surface area contributed by atoms with E-state index < -0.39 is 0 Å². The average Bonchev–Trinajstić information content (AvgIpc) is 2.64. The van der Waals surface area contributed by atoms with E-state index in [1.165, 1.54) is 0 Å². The molecule has 0 aromatic carbocycles. The lowest BCUT2D eigenvalue weighted by molar-refractivity contribution is -0.122. The molecule has 0 spiro atoms. The fraction of sp³-hybridized carbons (Fsp3) is 0.917. The van der Waals surface area contributed by atoms with Crippen molar-refractivity contribution in [3.63, 3.8) is 0 Å². The Labute approximate surface area is 97.9 Å². The summed E-state index contributed by atoms with van der Waals surface area (Å²) in [6, 6.07) is 0. The molecule has 0 atom stereocenters. The maximum atomic E-state index is 11.6. The molecule has 1 aliphatic rings. The highest BCUT2D eigenvalue weighted by atomic mass is 16.5. The van der Waals surface area contributed by atoms with E-state index in [4.69, 9.17) is 10.5 Å². The van der Waals surface area contributed by atoms with Crippen LogP contribution in [0.2, 0.25) is 0 Å². The van der Waals surface area contributed by atoms with Crippen LogP contribution in [0.3, 0.4) is 0 Å². The maximum Gasteiger partial charge on any atom is 0.221 e. The minimum absolute atomic E-state index is 0.0842. The van der Waals surface area contributed by atoms with Crippen molar-refractivity contribution in [2.24, 2.45) is 5.73 Å². The predicted octanol–water partition coefficient (Wildman–Crippen LogP) is 1.19. The number of carbonyl (C=O) groups is 1. The third kappa shape index (κ3) is 4.94. The highest BCUT2D eigenvalue weighted by Gasteiger charge is 2.31. The molecule has 0 aliphatic heterocycles. The third-order valence-corrected chi connectivity index (χ3v) is 3.10. The molecule has 0 radical (unpaired) electrons. The van der Waals surface area contributed by atoms with Gasteiger partial charge in [-0.3, -0.25) is 4.79 Å². The van der Waals surface area contributed by atoms with Crippen molar-refractivity contribution in [2.45, 2.75) is 51.0 Å². The fourth-order valence-corrected chi connectivity index (χ4v) is 2.18. The Kier molecular flexibility index (Phi) is 5.77. The Bertz CT molecular complexity index is 213. The van der Waals surface area contributed by atoms with E-state index >= 15 is 0 Å². The Balaban J connectivity index is 2.06. The highest BCUT2D eigenvalue weighted by molar-refractivity contribution is 5.77. The largest absolute Gasteiger partial charge is 0.382 e. The molecule has 0 aromatic heterocycles. The number of ether oxygens (including phenoxy) is 1. The van der Waals surface area contributed by atoms with Crippen molar-refractivity contribution >= 4 is 5.91 Å². The van der Waals surface area contributed by atoms with Crippen molar-refractivity contribution in [2.75, 3.05) is 19.8 Å². The van der Waals surface area contributed by atoms with Crippen LogP contribution in [0.4, 0.5) is 0 Å². The van der Waals surface area contributed by atoms with Crippen LogP contribution in [0.5, 0.6) is 0 Å². The quantitative estimate of drug-likeness (QED) is 0.643. The first-order valence-electron chi connectivity index (χ1n) is 6.30. The summed E-state index contributed by atoms with van der Waals surface area (Å²) in [6.07, 6.45) is 5.64. The molecule has 94 valence electrons. The summed E-state index contributed by atoms with van der Waals surface area (Å²) in [4.78, 5) is 11.6. The Morgan fingerprint density at radius 1 is 1.44 bits per heavy atom. The summed E-state index contributed by atoms with van der Waals surface area (Å²) >= 11 is 0. The van der Waals surface area contributed by atoms with Crippen LogP contribution in [0.1, 0.15) is 45.4 Å². The van der Waals surface area contributed by atoms with Gasteiger partial charge in [-0.2, -0.15) is 0 Å². The molecule has 16 heavy (non-hydrogen) atoms. The van der Waals surface area contributed by atoms with E-state index in [-0.39, 0.29) is 11.4 Å². The Morgan fingerprint density at radius 2 is 2.12 bits per heavy atom. The molecular weight excluding hydrogens is 204 g/mol. The molecule has 0 heterocycles. The van der Waals surface area contributed by atoms with Crippen molar-refractivity contribution in [3.05, 3.63) is 0 Å². The minimum Gasteiger partial charge on any atom is -0.382 e. The lowest BCUT2D eigenvalue weighted by atomic mass is 9.94. The molecule has 0 unspecified atom stereocenters. The summed E-state index contributed by atoms with van der Waals surface area (Å²) in [5, 5.41) is 2.89. The molecule has 4 heteroatoms. The first-order valence-corrected chi connectivity index (χ1v) is 6.30. The lowest BCUT2D eigenvalue weighted by Crippen LogP contribution is -2.42. The predicted molar refractivity (Wildman–Crippen MR) is 64.1 cm³/mol. The van der Waals surface area contributed by atoms with E-state index in [1.807, 2.05) is 6.92 Å². The topological polar surface area (TPSA) is 64.3 Å². The summed E-state index contributed by atoms with van der Waals surface area (Å²) < 4.78 is 5.19. The molecule has 1 fully saturated rings. The molecular formula is C12H24N2O2. The van der Waals surface area contributed by atoms with Crippen molar-refractivity contribution in [1.29, 1.82) is 0 Å². The Hall–Kier alpha value is -0.610. The van der Waals surface area contributed by atoms with Gasteiger partial charge in [0.05, 0.1) is 0 Å². The number of amides is 1. The molecule has 1 aliphatic carbocycles. The summed E-state index contributed by atoms with van der Waals surface area (Å²) in [7, 11) is 0. The number of hydrogen-bond donors (Lipinski definition) is 2. The van der Waals surface area contributed by atoms with Gasteiger partial charge < -0.3 is 15.8 Å². The standard InChI is InChI=1S/C12H24N2O2/c1-2-16-9-5-8-14-11(15)10-12(13)6-3-4-7-12/h2-10,13H2,1H3,(H,14,15). The normalized spacial score (nSPS) is 18.6. The van der Waals surface area contributed by atoms with Crippen LogP contribution in [-0.4, -0.2) is 31.2 Å². The molecule has 1 saturated carbocycles. The molecule has 1 rings (SSSR count). The van der Waals surface area contributed by atoms with Crippen molar-refractivity contribution in [3.8, 4) is 0 Å². The molecule has 4 nitrogen and oxygen atoms in total. The molecule has 0 aromatic rings. The summed E-state index contributed by atoms with van der Waals surface area (Å²) in [5.41, 5.74) is 5.89. The fourth-order valence-electron chi connectivity index (χ4n) is 2.18. The lowest BCUT2D eigenvalue weighted by Gasteiger charge is -2.22. The van der Waals surface area contributed by atoms with Gasteiger partial charge in [-0.15, -0.1) is 0 Å². The second kappa shape index (κ2) is 6.86. The van der Waals surface area contributed by atoms with E-state index in [0.29, 0.717) is 19.6 Å². The van der Waals surface area contributed by atoms with Gasteiger partial charge in [-0.1, -0.05) is 12.8 Å². The highest BCUT2D eigenvalue weighted by Crippen LogP contribution is 2.29. The number of nitrogens with one attached hydrogen (secondary N) is 1. The van der Waals surface area contributed by atoms with Crippen LogP contribution in [0, 0.1) is 0 Å². The zero-order valence-electron chi connectivity index (χ0n) is 10.3. The second-order valence-corrected chi connectivity index (χ2v) is 4.65. The smallest absolute Gasteiger partial charge is 0.221 e. The SMILES string of the molecule is CCOCCCNC(=O)CC1(N)CCCC1. The van der Waals surface area contributed by atoms with Crippen LogP contribution in [-0.2, 0) is 9.53 Å². The zero-order valence-corrected chi connectivity index (χ0v) is 10.3. The first-order chi connectivity index (χ1) is 7.66. The van der Waals surface area contributed by atoms with Crippen molar-refractivity contribution < 1.29 is 9.53 Å². The summed E-state index contributed by atoms with van der Waals surface area (Å²) in [5.74, 6) is 0.0842. The van der Waals surface area contributed by atoms with Crippen LogP contribution < -0.4 is 11.1 Å². The molecule has 0 saturated heterocycles. The van der Waals surface area contributed by atoms with Crippen LogP contribution in [0.25, 0.3) is 0 Å². The van der Waals surface area contributed by atoms with Gasteiger partial charge in [-0.25, -0.2) is 0 Å². The Morgan fingerprint density at radius 3 is 2.75 bits per heavy atom. The monoisotopic (exact) mass is 228 g/mol. The number of nitrogens with two attached hydrogens (primary N) is 1. The number of hydrogen-bond acceptors (Lipinski definition) is 3. The minimum atomic E-state index is -0.232. The molecule has 0 bridgehead atoms. The van der Waals surface area contributed by atoms with Gasteiger partial charge in [-0.05, 0) is 26.2 Å². The van der Waals surface area contributed by atoms with E-state index in [0.717, 1.165) is 38.7 Å². The third-order valence-electron chi connectivity index (χ3n) is 3.10. The van der Waals surface area contributed by atoms with E-state index in [9.17, 15) is 4.79 Å². The van der Waals surface area contributed by atoms with Gasteiger partial charge >= 0.3 is 0 Å².